The van der Waals surface area contributed by atoms with E-state index < -0.39 is 0 Å². The van der Waals surface area contributed by atoms with Gasteiger partial charge in [-0.05, 0) is 32.1 Å². The molecule has 0 aromatic carbocycles. The highest BCUT2D eigenvalue weighted by molar-refractivity contribution is 5.78. The van der Waals surface area contributed by atoms with Gasteiger partial charge in [0.25, 0.3) is 0 Å². The molecule has 2 aliphatic rings. The van der Waals surface area contributed by atoms with Crippen molar-refractivity contribution in [2.24, 2.45) is 5.73 Å². The lowest BCUT2D eigenvalue weighted by Gasteiger charge is -2.34. The lowest BCUT2D eigenvalue weighted by atomic mass is 10.1. The molecule has 0 aromatic heterocycles. The quantitative estimate of drug-likeness (QED) is 0.787. The molecule has 0 radical (unpaired) electrons. The number of nitrogens with zero attached hydrogens (tertiary/aromatic N) is 2. The van der Waals surface area contributed by atoms with Crippen LogP contribution in [0.25, 0.3) is 0 Å². The number of hydrogen-bond donors (Lipinski definition) is 1. The van der Waals surface area contributed by atoms with Crippen LogP contribution < -0.4 is 5.73 Å². The third-order valence-corrected chi connectivity index (χ3v) is 4.07. The Morgan fingerprint density at radius 3 is 2.42 bits per heavy atom. The fourth-order valence-corrected chi connectivity index (χ4v) is 2.90. The normalized spacial score (nSPS) is 22.7. The highest BCUT2D eigenvalue weighted by atomic mass is 16.5. The molecular weight excluding hydrogens is 242 g/mol. The standard InChI is InChI=1S/C14H27N3O2/c15-6-11-19-13-4-9-16(10-5-13)12-14(18)17-7-2-1-3-8-17/h13H,1-12,15H2. The van der Waals surface area contributed by atoms with Crippen LogP contribution in [0.1, 0.15) is 32.1 Å². The number of nitrogens with two attached hydrogens (primary N) is 1. The van der Waals surface area contributed by atoms with Crippen molar-refractivity contribution in [3.63, 3.8) is 0 Å². The van der Waals surface area contributed by atoms with Gasteiger partial charge in [0.1, 0.15) is 0 Å². The SMILES string of the molecule is NCCOC1CCN(CC(=O)N2CCCCC2)CC1. The Morgan fingerprint density at radius 1 is 1.11 bits per heavy atom. The predicted molar refractivity (Wildman–Crippen MR) is 74.9 cm³/mol. The molecule has 2 fully saturated rings. The second kappa shape index (κ2) is 7.82. The maximum absolute atomic E-state index is 12.2. The maximum atomic E-state index is 12.2. The van der Waals surface area contributed by atoms with Gasteiger partial charge in [0.2, 0.25) is 5.91 Å². The Kier molecular flexibility index (Phi) is 6.07. The van der Waals surface area contributed by atoms with Crippen LogP contribution in [0.3, 0.4) is 0 Å². The third-order valence-electron chi connectivity index (χ3n) is 4.07. The van der Waals surface area contributed by atoms with Crippen molar-refractivity contribution in [3.8, 4) is 0 Å². The monoisotopic (exact) mass is 269 g/mol. The maximum Gasteiger partial charge on any atom is 0.236 e. The Morgan fingerprint density at radius 2 is 1.79 bits per heavy atom. The van der Waals surface area contributed by atoms with Crippen LogP contribution in [0.4, 0.5) is 0 Å². The van der Waals surface area contributed by atoms with E-state index in [0.717, 1.165) is 39.0 Å². The van der Waals surface area contributed by atoms with Crippen LogP contribution in [0.2, 0.25) is 0 Å². The molecule has 2 N–H and O–H groups in total. The lowest BCUT2D eigenvalue weighted by molar-refractivity contribution is -0.134. The van der Waals surface area contributed by atoms with Crippen molar-refractivity contribution >= 4 is 5.91 Å². The molecule has 2 saturated heterocycles. The number of hydrogen-bond acceptors (Lipinski definition) is 4. The van der Waals surface area contributed by atoms with Crippen molar-refractivity contribution < 1.29 is 9.53 Å². The van der Waals surface area contributed by atoms with Crippen molar-refractivity contribution in [1.82, 2.24) is 9.80 Å². The summed E-state index contributed by atoms with van der Waals surface area (Å²) in [6.07, 6.45) is 5.99. The second-order valence-electron chi connectivity index (χ2n) is 5.58. The number of piperidine rings is 2. The molecule has 1 amide bonds. The first-order valence-electron chi connectivity index (χ1n) is 7.61. The Balaban J connectivity index is 1.65. The smallest absolute Gasteiger partial charge is 0.236 e. The molecule has 0 unspecified atom stereocenters. The molecule has 0 spiro atoms. The first-order chi connectivity index (χ1) is 9.29. The van der Waals surface area contributed by atoms with E-state index in [-0.39, 0.29) is 0 Å². The zero-order valence-electron chi connectivity index (χ0n) is 11.9. The summed E-state index contributed by atoms with van der Waals surface area (Å²) in [5.41, 5.74) is 5.44. The minimum atomic E-state index is 0.307. The summed E-state index contributed by atoms with van der Waals surface area (Å²) in [5.74, 6) is 0.307. The topological polar surface area (TPSA) is 58.8 Å². The first kappa shape index (κ1) is 14.8. The molecular formula is C14H27N3O2. The molecule has 0 saturated carbocycles. The summed E-state index contributed by atoms with van der Waals surface area (Å²) in [6.45, 7) is 5.67. The van der Waals surface area contributed by atoms with Crippen LogP contribution in [0.15, 0.2) is 0 Å². The van der Waals surface area contributed by atoms with E-state index in [0.29, 0.717) is 31.7 Å². The molecule has 0 aromatic rings. The van der Waals surface area contributed by atoms with Gasteiger partial charge in [-0.3, -0.25) is 9.69 Å². The molecule has 2 aliphatic heterocycles. The van der Waals surface area contributed by atoms with E-state index in [1.807, 2.05) is 4.90 Å². The fourth-order valence-electron chi connectivity index (χ4n) is 2.90. The average molecular weight is 269 g/mol. The molecule has 5 nitrogen and oxygen atoms in total. The summed E-state index contributed by atoms with van der Waals surface area (Å²) in [4.78, 5) is 16.4. The van der Waals surface area contributed by atoms with Gasteiger partial charge >= 0.3 is 0 Å². The Hall–Kier alpha value is -0.650. The van der Waals surface area contributed by atoms with Crippen molar-refractivity contribution in [3.05, 3.63) is 0 Å². The summed E-state index contributed by atoms with van der Waals surface area (Å²) in [5, 5.41) is 0. The van der Waals surface area contributed by atoms with Gasteiger partial charge < -0.3 is 15.4 Å². The number of amides is 1. The van der Waals surface area contributed by atoms with Gasteiger partial charge in [-0.25, -0.2) is 0 Å². The number of ether oxygens (including phenoxy) is 1. The highest BCUT2D eigenvalue weighted by Gasteiger charge is 2.23. The first-order valence-corrected chi connectivity index (χ1v) is 7.61. The van der Waals surface area contributed by atoms with Gasteiger partial charge in [0, 0.05) is 32.7 Å². The second-order valence-corrected chi connectivity index (χ2v) is 5.58. The van der Waals surface area contributed by atoms with Gasteiger partial charge in [0.05, 0.1) is 19.3 Å². The minimum Gasteiger partial charge on any atom is -0.377 e. The van der Waals surface area contributed by atoms with Crippen LogP contribution in [-0.2, 0) is 9.53 Å². The highest BCUT2D eigenvalue weighted by Crippen LogP contribution is 2.14. The molecule has 19 heavy (non-hydrogen) atoms. The van der Waals surface area contributed by atoms with E-state index in [4.69, 9.17) is 10.5 Å². The third kappa shape index (κ3) is 4.75. The number of carbonyl (C=O) groups is 1. The van der Waals surface area contributed by atoms with E-state index in [9.17, 15) is 4.79 Å². The van der Waals surface area contributed by atoms with E-state index >= 15 is 0 Å². The zero-order valence-corrected chi connectivity index (χ0v) is 11.9. The zero-order chi connectivity index (χ0) is 13.5. The average Bonchev–Trinajstić information content (AvgIpc) is 2.47. The van der Waals surface area contributed by atoms with E-state index in [2.05, 4.69) is 4.90 Å². The van der Waals surface area contributed by atoms with Gasteiger partial charge in [-0.2, -0.15) is 0 Å². The summed E-state index contributed by atoms with van der Waals surface area (Å²) < 4.78 is 5.65. The van der Waals surface area contributed by atoms with Crippen LogP contribution >= 0.6 is 0 Å². The molecule has 2 rings (SSSR count). The van der Waals surface area contributed by atoms with Gasteiger partial charge in [0.15, 0.2) is 0 Å². The molecule has 0 aliphatic carbocycles. The minimum absolute atomic E-state index is 0.307. The summed E-state index contributed by atoms with van der Waals surface area (Å²) in [7, 11) is 0. The Bertz CT molecular complexity index is 272. The number of carbonyl (C=O) groups excluding carboxylic acids is 1. The van der Waals surface area contributed by atoms with Crippen molar-refractivity contribution in [1.29, 1.82) is 0 Å². The summed E-state index contributed by atoms with van der Waals surface area (Å²) in [6, 6.07) is 0. The van der Waals surface area contributed by atoms with Crippen LogP contribution in [0, 0.1) is 0 Å². The fraction of sp³-hybridized carbons (Fsp3) is 0.929. The summed E-state index contributed by atoms with van der Waals surface area (Å²) >= 11 is 0. The molecule has 0 atom stereocenters. The van der Waals surface area contributed by atoms with E-state index in [1.165, 1.54) is 19.3 Å². The van der Waals surface area contributed by atoms with Crippen LogP contribution in [-0.4, -0.2) is 67.7 Å². The van der Waals surface area contributed by atoms with Gasteiger partial charge in [-0.15, -0.1) is 0 Å². The molecule has 5 heteroatoms. The molecule has 0 bridgehead atoms. The number of likely N-dealkylation sites (tertiary alicyclic amines) is 2. The lowest BCUT2D eigenvalue weighted by Crippen LogP contribution is -2.46. The van der Waals surface area contributed by atoms with Crippen molar-refractivity contribution in [2.75, 3.05) is 45.9 Å². The predicted octanol–water partition coefficient (Wildman–Crippen LogP) is 0.439. The van der Waals surface area contributed by atoms with Crippen LogP contribution in [0.5, 0.6) is 0 Å². The van der Waals surface area contributed by atoms with Crippen molar-refractivity contribution in [2.45, 2.75) is 38.2 Å². The molecule has 110 valence electrons. The van der Waals surface area contributed by atoms with Gasteiger partial charge in [-0.1, -0.05) is 0 Å². The molecule has 2 heterocycles. The number of rotatable bonds is 5. The Labute approximate surface area is 116 Å². The van der Waals surface area contributed by atoms with E-state index in [1.54, 1.807) is 0 Å². The largest absolute Gasteiger partial charge is 0.377 e.